The molecule has 2 aromatic heterocycles. The molecule has 0 radical (unpaired) electrons. The molecular formula is C9H9N3O. The Labute approximate surface area is 75.6 Å². The summed E-state index contributed by atoms with van der Waals surface area (Å²) in [5.41, 5.74) is 1.09. The molecule has 0 aliphatic heterocycles. The van der Waals surface area contributed by atoms with Crippen LogP contribution in [0.5, 0.6) is 5.75 Å². The summed E-state index contributed by atoms with van der Waals surface area (Å²) in [4.78, 5) is 3.92. The van der Waals surface area contributed by atoms with Crippen molar-refractivity contribution in [2.75, 3.05) is 0 Å². The van der Waals surface area contributed by atoms with Gasteiger partial charge in [-0.05, 0) is 17.7 Å². The van der Waals surface area contributed by atoms with Crippen LogP contribution in [0.4, 0.5) is 0 Å². The van der Waals surface area contributed by atoms with Crippen molar-refractivity contribution in [3.63, 3.8) is 0 Å². The molecule has 0 saturated heterocycles. The molecule has 2 aromatic rings. The Balaban J connectivity index is 1.94. The van der Waals surface area contributed by atoms with Gasteiger partial charge in [0.25, 0.3) is 0 Å². The maximum absolute atomic E-state index is 5.41. The van der Waals surface area contributed by atoms with E-state index in [-0.39, 0.29) is 0 Å². The van der Waals surface area contributed by atoms with Crippen LogP contribution in [0.15, 0.2) is 36.9 Å². The van der Waals surface area contributed by atoms with Gasteiger partial charge in [0, 0.05) is 12.4 Å². The second kappa shape index (κ2) is 3.71. The number of hydrogen-bond acceptors (Lipinski definition) is 3. The summed E-state index contributed by atoms with van der Waals surface area (Å²) in [5.74, 6) is 0.747. The molecule has 4 heteroatoms. The Bertz CT molecular complexity index is 344. The molecule has 0 atom stereocenters. The van der Waals surface area contributed by atoms with Crippen molar-refractivity contribution in [1.29, 1.82) is 0 Å². The zero-order valence-corrected chi connectivity index (χ0v) is 6.97. The van der Waals surface area contributed by atoms with Crippen molar-refractivity contribution in [3.8, 4) is 5.75 Å². The van der Waals surface area contributed by atoms with Crippen molar-refractivity contribution in [2.24, 2.45) is 0 Å². The maximum atomic E-state index is 5.41. The normalized spacial score (nSPS) is 9.85. The Morgan fingerprint density at radius 1 is 1.31 bits per heavy atom. The van der Waals surface area contributed by atoms with E-state index in [0.29, 0.717) is 6.61 Å². The van der Waals surface area contributed by atoms with Gasteiger partial charge < -0.3 is 4.74 Å². The Morgan fingerprint density at radius 3 is 2.85 bits per heavy atom. The molecule has 66 valence electrons. The van der Waals surface area contributed by atoms with E-state index in [2.05, 4.69) is 15.2 Å². The molecule has 0 bridgehead atoms. The topological polar surface area (TPSA) is 50.8 Å². The van der Waals surface area contributed by atoms with Crippen molar-refractivity contribution < 1.29 is 4.74 Å². The third-order valence-electron chi connectivity index (χ3n) is 1.63. The third kappa shape index (κ3) is 2.05. The molecule has 2 rings (SSSR count). The summed E-state index contributed by atoms with van der Waals surface area (Å²) in [7, 11) is 0. The fourth-order valence-corrected chi connectivity index (χ4v) is 0.964. The van der Waals surface area contributed by atoms with Gasteiger partial charge in [0.05, 0.1) is 12.4 Å². The third-order valence-corrected chi connectivity index (χ3v) is 1.63. The van der Waals surface area contributed by atoms with Gasteiger partial charge in [-0.15, -0.1) is 0 Å². The minimum Gasteiger partial charge on any atom is -0.486 e. The predicted octanol–water partition coefficient (Wildman–Crippen LogP) is 1.38. The van der Waals surface area contributed by atoms with Crippen LogP contribution in [0.3, 0.4) is 0 Å². The van der Waals surface area contributed by atoms with E-state index in [9.17, 15) is 0 Å². The van der Waals surface area contributed by atoms with E-state index in [1.165, 1.54) is 0 Å². The lowest BCUT2D eigenvalue weighted by Gasteiger charge is -2.01. The SMILES string of the molecule is c1cc(COc2cn[nH]c2)ccn1. The van der Waals surface area contributed by atoms with E-state index >= 15 is 0 Å². The first-order valence-electron chi connectivity index (χ1n) is 3.95. The van der Waals surface area contributed by atoms with Crippen LogP contribution in [0.1, 0.15) is 5.56 Å². The Hall–Kier alpha value is -1.84. The molecular weight excluding hydrogens is 166 g/mol. The minimum atomic E-state index is 0.544. The molecule has 0 spiro atoms. The second-order valence-electron chi connectivity index (χ2n) is 2.58. The van der Waals surface area contributed by atoms with Gasteiger partial charge in [-0.1, -0.05) is 0 Å². The summed E-state index contributed by atoms with van der Waals surface area (Å²) in [6.45, 7) is 0.544. The van der Waals surface area contributed by atoms with Crippen molar-refractivity contribution >= 4 is 0 Å². The van der Waals surface area contributed by atoms with Gasteiger partial charge in [-0.25, -0.2) is 0 Å². The standard InChI is InChI=1S/C9H9N3O/c1-3-10-4-2-8(1)7-13-9-5-11-12-6-9/h1-6H,7H2,(H,11,12). The maximum Gasteiger partial charge on any atom is 0.157 e. The molecule has 1 N–H and O–H groups in total. The average molecular weight is 175 g/mol. The largest absolute Gasteiger partial charge is 0.486 e. The highest BCUT2D eigenvalue weighted by Gasteiger charge is 1.94. The van der Waals surface area contributed by atoms with Gasteiger partial charge in [-0.2, -0.15) is 5.10 Å². The number of aromatic nitrogens is 3. The number of H-pyrrole nitrogens is 1. The van der Waals surface area contributed by atoms with Crippen LogP contribution in [-0.2, 0) is 6.61 Å². The van der Waals surface area contributed by atoms with Crippen molar-refractivity contribution in [1.82, 2.24) is 15.2 Å². The molecule has 0 fully saturated rings. The highest BCUT2D eigenvalue weighted by Crippen LogP contribution is 2.08. The number of rotatable bonds is 3. The monoisotopic (exact) mass is 175 g/mol. The fraction of sp³-hybridized carbons (Fsp3) is 0.111. The smallest absolute Gasteiger partial charge is 0.157 e. The van der Waals surface area contributed by atoms with Crippen LogP contribution in [0.25, 0.3) is 0 Å². The average Bonchev–Trinajstić information content (AvgIpc) is 2.69. The first kappa shape index (κ1) is 7.79. The molecule has 0 unspecified atom stereocenters. The fourth-order valence-electron chi connectivity index (χ4n) is 0.964. The quantitative estimate of drug-likeness (QED) is 0.766. The number of pyridine rings is 1. The van der Waals surface area contributed by atoms with Gasteiger partial charge in [-0.3, -0.25) is 10.1 Å². The van der Waals surface area contributed by atoms with E-state index in [1.54, 1.807) is 24.8 Å². The van der Waals surface area contributed by atoms with Crippen molar-refractivity contribution in [3.05, 3.63) is 42.5 Å². The van der Waals surface area contributed by atoms with Crippen LogP contribution >= 0.6 is 0 Å². The lowest BCUT2D eigenvalue weighted by molar-refractivity contribution is 0.306. The van der Waals surface area contributed by atoms with Crippen LogP contribution < -0.4 is 4.74 Å². The van der Waals surface area contributed by atoms with E-state index in [1.807, 2.05) is 12.1 Å². The summed E-state index contributed by atoms with van der Waals surface area (Å²) in [6, 6.07) is 3.83. The molecule has 0 aromatic carbocycles. The molecule has 0 amide bonds. The summed E-state index contributed by atoms with van der Waals surface area (Å²) in [6.07, 6.45) is 6.84. The highest BCUT2D eigenvalue weighted by molar-refractivity contribution is 5.13. The Kier molecular flexibility index (Phi) is 2.22. The molecule has 0 aliphatic rings. The van der Waals surface area contributed by atoms with E-state index in [0.717, 1.165) is 11.3 Å². The van der Waals surface area contributed by atoms with E-state index < -0.39 is 0 Å². The predicted molar refractivity (Wildman–Crippen MR) is 47.2 cm³/mol. The van der Waals surface area contributed by atoms with Gasteiger partial charge in [0.2, 0.25) is 0 Å². The van der Waals surface area contributed by atoms with Crippen LogP contribution in [0.2, 0.25) is 0 Å². The molecule has 13 heavy (non-hydrogen) atoms. The molecule has 4 nitrogen and oxygen atoms in total. The summed E-state index contributed by atoms with van der Waals surface area (Å²) in [5, 5.41) is 6.45. The molecule has 0 aliphatic carbocycles. The highest BCUT2D eigenvalue weighted by atomic mass is 16.5. The number of hydrogen-bond donors (Lipinski definition) is 1. The van der Waals surface area contributed by atoms with Crippen LogP contribution in [-0.4, -0.2) is 15.2 Å². The van der Waals surface area contributed by atoms with Gasteiger partial charge in [0.15, 0.2) is 5.75 Å². The Morgan fingerprint density at radius 2 is 2.15 bits per heavy atom. The lowest BCUT2D eigenvalue weighted by Crippen LogP contribution is -1.93. The number of aromatic amines is 1. The first-order chi connectivity index (χ1) is 6.45. The first-order valence-corrected chi connectivity index (χ1v) is 3.95. The van der Waals surface area contributed by atoms with Gasteiger partial charge >= 0.3 is 0 Å². The van der Waals surface area contributed by atoms with Crippen molar-refractivity contribution in [2.45, 2.75) is 6.61 Å². The number of nitrogens with one attached hydrogen (secondary N) is 1. The number of ether oxygens (including phenoxy) is 1. The molecule has 2 heterocycles. The second-order valence-corrected chi connectivity index (χ2v) is 2.58. The van der Waals surface area contributed by atoms with Crippen LogP contribution in [0, 0.1) is 0 Å². The number of nitrogens with zero attached hydrogens (tertiary/aromatic N) is 2. The zero-order valence-electron chi connectivity index (χ0n) is 6.97. The summed E-state index contributed by atoms with van der Waals surface area (Å²) < 4.78 is 5.41. The molecule has 0 saturated carbocycles. The van der Waals surface area contributed by atoms with E-state index in [4.69, 9.17) is 4.74 Å². The minimum absolute atomic E-state index is 0.544. The lowest BCUT2D eigenvalue weighted by atomic mass is 10.3. The zero-order chi connectivity index (χ0) is 8.93. The van der Waals surface area contributed by atoms with Gasteiger partial charge in [0.1, 0.15) is 6.61 Å². The summed E-state index contributed by atoms with van der Waals surface area (Å²) >= 11 is 0.